The maximum absolute atomic E-state index is 13.4. The molecule has 15 heteroatoms. The first-order valence-corrected chi connectivity index (χ1v) is 12.1. The zero-order chi connectivity index (χ0) is 24.4. The van der Waals surface area contributed by atoms with Gasteiger partial charge in [-0.25, -0.2) is 13.4 Å². The van der Waals surface area contributed by atoms with Gasteiger partial charge in [0, 0.05) is 25.3 Å². The first kappa shape index (κ1) is 26.9. The van der Waals surface area contributed by atoms with Crippen molar-refractivity contribution in [2.45, 2.75) is 32.8 Å². The molecule has 0 fully saturated rings. The molecule has 0 aliphatic heterocycles. The van der Waals surface area contributed by atoms with Crippen molar-refractivity contribution in [1.29, 1.82) is 0 Å². The van der Waals surface area contributed by atoms with Gasteiger partial charge in [0.1, 0.15) is 12.5 Å². The average molecular weight is 555 g/mol. The number of unbranched alkanes of at least 4 members (excludes halogenated alkanes) is 1. The van der Waals surface area contributed by atoms with Gasteiger partial charge in [-0.2, -0.15) is 12.7 Å². The summed E-state index contributed by atoms with van der Waals surface area (Å²) >= 11 is 3.07. The number of rotatable bonds is 13. The second kappa shape index (κ2) is 12.8. The van der Waals surface area contributed by atoms with E-state index in [1.807, 2.05) is 0 Å². The zero-order valence-corrected chi connectivity index (χ0v) is 20.4. The Morgan fingerprint density at radius 3 is 2.73 bits per heavy atom. The van der Waals surface area contributed by atoms with Crippen LogP contribution in [0.3, 0.4) is 0 Å². The van der Waals surface area contributed by atoms with E-state index in [2.05, 4.69) is 42.0 Å². The summed E-state index contributed by atoms with van der Waals surface area (Å²) in [7, 11) is -4.01. The molecule has 1 aromatic heterocycles. The SMILES string of the molecule is CC(C)OS(=O)(=O)N(CCF)CCCCNc1nonc1/C(=N/O)Nc1ccc(F)c(Br)c1. The molecule has 0 bridgehead atoms. The van der Waals surface area contributed by atoms with Gasteiger partial charge in [0.2, 0.25) is 11.7 Å². The highest BCUT2D eigenvalue weighted by Crippen LogP contribution is 2.21. The quantitative estimate of drug-likeness (QED) is 0.112. The summed E-state index contributed by atoms with van der Waals surface area (Å²) in [6, 6.07) is 4.10. The van der Waals surface area contributed by atoms with E-state index in [9.17, 15) is 22.4 Å². The number of alkyl halides is 1. The van der Waals surface area contributed by atoms with E-state index < -0.39 is 28.9 Å². The molecule has 0 aliphatic carbocycles. The van der Waals surface area contributed by atoms with Crippen LogP contribution < -0.4 is 10.6 Å². The molecule has 0 amide bonds. The molecule has 0 saturated heterocycles. The summed E-state index contributed by atoms with van der Waals surface area (Å²) in [5, 5.41) is 25.7. The number of aromatic nitrogens is 2. The summed E-state index contributed by atoms with van der Waals surface area (Å²) in [6.45, 7) is 2.46. The number of benzene rings is 1. The molecule has 0 atom stereocenters. The topological polar surface area (TPSA) is 142 Å². The fourth-order valence-electron chi connectivity index (χ4n) is 2.66. The molecule has 0 aliphatic rings. The molecule has 2 aromatic rings. The molecule has 11 nitrogen and oxygen atoms in total. The summed E-state index contributed by atoms with van der Waals surface area (Å²) in [4.78, 5) is 0. The number of hydrogen-bond acceptors (Lipinski definition) is 9. The Bertz CT molecular complexity index is 1040. The van der Waals surface area contributed by atoms with E-state index in [0.29, 0.717) is 25.1 Å². The van der Waals surface area contributed by atoms with Crippen molar-refractivity contribution in [1.82, 2.24) is 14.6 Å². The van der Waals surface area contributed by atoms with E-state index in [1.165, 1.54) is 18.2 Å². The Balaban J connectivity index is 1.91. The van der Waals surface area contributed by atoms with Crippen LogP contribution in [0.1, 0.15) is 32.4 Å². The number of nitrogens with one attached hydrogen (secondary N) is 2. The fraction of sp³-hybridized carbons (Fsp3) is 0.500. The number of nitrogens with zero attached hydrogens (tertiary/aromatic N) is 4. The molecule has 0 spiro atoms. The number of amidine groups is 1. The van der Waals surface area contributed by atoms with Gasteiger partial charge in [0.25, 0.3) is 0 Å². The monoisotopic (exact) mass is 554 g/mol. The van der Waals surface area contributed by atoms with E-state index in [4.69, 9.17) is 8.81 Å². The molecule has 3 N–H and O–H groups in total. The van der Waals surface area contributed by atoms with E-state index in [-0.39, 0.29) is 34.9 Å². The van der Waals surface area contributed by atoms with Crippen molar-refractivity contribution in [3.05, 3.63) is 34.2 Å². The van der Waals surface area contributed by atoms with E-state index >= 15 is 0 Å². The lowest BCUT2D eigenvalue weighted by Gasteiger charge is -2.21. The number of oxime groups is 1. The minimum atomic E-state index is -4.01. The molecular formula is C18H25BrF2N6O5S. The molecular weight excluding hydrogens is 530 g/mol. The lowest BCUT2D eigenvalue weighted by molar-refractivity contribution is 0.210. The first-order chi connectivity index (χ1) is 15.7. The Morgan fingerprint density at radius 1 is 1.33 bits per heavy atom. The Hall–Kier alpha value is -2.36. The first-order valence-electron chi connectivity index (χ1n) is 9.93. The van der Waals surface area contributed by atoms with Crippen molar-refractivity contribution in [3.8, 4) is 0 Å². The highest BCUT2D eigenvalue weighted by molar-refractivity contribution is 9.10. The van der Waals surface area contributed by atoms with Gasteiger partial charge in [-0.1, -0.05) is 5.16 Å². The van der Waals surface area contributed by atoms with Gasteiger partial charge in [-0.15, -0.1) is 0 Å². The van der Waals surface area contributed by atoms with Gasteiger partial charge in [0.05, 0.1) is 10.6 Å². The third kappa shape index (κ3) is 8.17. The van der Waals surface area contributed by atoms with Crippen molar-refractivity contribution in [3.63, 3.8) is 0 Å². The highest BCUT2D eigenvalue weighted by Gasteiger charge is 2.24. The lowest BCUT2D eigenvalue weighted by Crippen LogP contribution is -2.36. The van der Waals surface area contributed by atoms with Crippen molar-refractivity contribution in [2.75, 3.05) is 36.9 Å². The Labute approximate surface area is 198 Å². The van der Waals surface area contributed by atoms with Crippen LogP contribution in [0.5, 0.6) is 0 Å². The molecule has 0 unspecified atom stereocenters. The predicted octanol–water partition coefficient (Wildman–Crippen LogP) is 3.35. The maximum Gasteiger partial charge on any atom is 0.338 e. The third-order valence-corrected chi connectivity index (χ3v) is 6.32. The smallest absolute Gasteiger partial charge is 0.338 e. The molecule has 0 radical (unpaired) electrons. The molecule has 1 aromatic carbocycles. The largest absolute Gasteiger partial charge is 0.409 e. The minimum Gasteiger partial charge on any atom is -0.409 e. The predicted molar refractivity (Wildman–Crippen MR) is 121 cm³/mol. The van der Waals surface area contributed by atoms with Crippen LogP contribution >= 0.6 is 15.9 Å². The van der Waals surface area contributed by atoms with E-state index in [1.54, 1.807) is 13.8 Å². The van der Waals surface area contributed by atoms with Gasteiger partial charge >= 0.3 is 10.3 Å². The summed E-state index contributed by atoms with van der Waals surface area (Å²) < 4.78 is 61.2. The molecule has 33 heavy (non-hydrogen) atoms. The fourth-order valence-corrected chi connectivity index (χ4v) is 4.29. The molecule has 2 rings (SSSR count). The Morgan fingerprint density at radius 2 is 2.09 bits per heavy atom. The van der Waals surface area contributed by atoms with Crippen LogP contribution in [0.25, 0.3) is 0 Å². The van der Waals surface area contributed by atoms with Gasteiger partial charge < -0.3 is 15.8 Å². The zero-order valence-electron chi connectivity index (χ0n) is 18.0. The van der Waals surface area contributed by atoms with Crippen LogP contribution in [0.15, 0.2) is 32.5 Å². The number of halogens is 3. The lowest BCUT2D eigenvalue weighted by atomic mass is 10.3. The third-order valence-electron chi connectivity index (χ3n) is 4.09. The highest BCUT2D eigenvalue weighted by atomic mass is 79.9. The van der Waals surface area contributed by atoms with Crippen LogP contribution in [0.2, 0.25) is 0 Å². The molecule has 0 saturated carbocycles. The van der Waals surface area contributed by atoms with Gasteiger partial charge in [-0.3, -0.25) is 4.18 Å². The summed E-state index contributed by atoms with van der Waals surface area (Å²) in [6.07, 6.45) is 0.358. The maximum atomic E-state index is 13.4. The summed E-state index contributed by atoms with van der Waals surface area (Å²) in [5.74, 6) is -0.377. The Kier molecular flexibility index (Phi) is 10.4. The van der Waals surface area contributed by atoms with Crippen LogP contribution in [-0.4, -0.2) is 66.5 Å². The van der Waals surface area contributed by atoms with Gasteiger partial charge in [0.15, 0.2) is 5.69 Å². The van der Waals surface area contributed by atoms with E-state index in [0.717, 1.165) is 4.31 Å². The number of anilines is 2. The van der Waals surface area contributed by atoms with Crippen LogP contribution in [0.4, 0.5) is 20.3 Å². The van der Waals surface area contributed by atoms with Crippen molar-refractivity contribution < 1.29 is 31.2 Å². The normalized spacial score (nSPS) is 12.5. The second-order valence-corrected chi connectivity index (χ2v) is 9.41. The minimum absolute atomic E-state index is 0.0740. The van der Waals surface area contributed by atoms with Crippen molar-refractivity contribution >= 4 is 43.6 Å². The van der Waals surface area contributed by atoms with Crippen LogP contribution in [-0.2, 0) is 14.5 Å². The van der Waals surface area contributed by atoms with Crippen molar-refractivity contribution in [2.24, 2.45) is 5.16 Å². The summed E-state index contributed by atoms with van der Waals surface area (Å²) in [5.41, 5.74) is 0.493. The average Bonchev–Trinajstić information content (AvgIpc) is 3.20. The second-order valence-electron chi connectivity index (χ2n) is 6.99. The molecule has 1 heterocycles. The van der Waals surface area contributed by atoms with Crippen LogP contribution in [0, 0.1) is 5.82 Å². The van der Waals surface area contributed by atoms with Gasteiger partial charge in [-0.05, 0) is 71.1 Å². The molecule has 184 valence electrons. The number of hydrogen-bond donors (Lipinski definition) is 3. The standard InChI is InChI=1S/C18H25BrF2N6O5S/c1-12(2)31-33(29,30)27(10-7-20)9-4-3-8-22-17-16(25-32-26-17)18(24-28)23-13-5-6-15(21)14(19)11-13/h5-6,11-12,28H,3-4,7-10H2,1-2H3,(H,22,26)(H,23,24).